The number of nitrogens with two attached hydrogens (primary N) is 2. The van der Waals surface area contributed by atoms with Gasteiger partial charge in [0.15, 0.2) is 0 Å². The second kappa shape index (κ2) is 33.1. The number of benzene rings is 9. The monoisotopic (exact) mass is 1620 g/mol. The van der Waals surface area contributed by atoms with Gasteiger partial charge in [0, 0.05) is 108 Å². The maximum absolute atomic E-state index is 13.1. The number of carbonyl (C=O) groups excluding carboxylic acids is 3. The summed E-state index contributed by atoms with van der Waals surface area (Å²) in [7, 11) is 4.70. The molecule has 5 aromatic heterocycles. The van der Waals surface area contributed by atoms with Gasteiger partial charge in [0.25, 0.3) is 0 Å². The fraction of sp³-hybridized carbons (Fsp3) is 0.354. The third-order valence-corrected chi connectivity index (χ3v) is 25.9. The first-order chi connectivity index (χ1) is 57.9. The smallest absolute Gasteiger partial charge is 0.465 e. The summed E-state index contributed by atoms with van der Waals surface area (Å²) in [6, 6.07) is 63.8. The Morgan fingerprint density at radius 1 is 0.496 bits per heavy atom. The number of aryl methyl sites for hydroxylation is 4. The number of ether oxygens (including phenoxy) is 4. The number of fused-ring (bicyclic) bond motifs is 9. The van der Waals surface area contributed by atoms with E-state index in [0.29, 0.717) is 73.7 Å². The van der Waals surface area contributed by atoms with E-state index in [2.05, 4.69) is 133 Å². The summed E-state index contributed by atoms with van der Waals surface area (Å²) in [6.07, 6.45) is 9.09. The van der Waals surface area contributed by atoms with Crippen LogP contribution < -0.4 is 16.9 Å². The van der Waals surface area contributed by atoms with Crippen molar-refractivity contribution in [1.82, 2.24) is 32.8 Å². The van der Waals surface area contributed by atoms with Crippen LogP contribution in [0.1, 0.15) is 188 Å². The normalized spacial score (nSPS) is 16.9. The molecule has 0 bridgehead atoms. The van der Waals surface area contributed by atoms with Crippen molar-refractivity contribution in [1.29, 1.82) is 5.26 Å². The van der Waals surface area contributed by atoms with Gasteiger partial charge < -0.3 is 72.8 Å². The molecule has 3 unspecified atom stereocenters. The second-order valence-corrected chi connectivity index (χ2v) is 35.1. The Morgan fingerprint density at radius 2 is 0.851 bits per heavy atom. The van der Waals surface area contributed by atoms with Crippen LogP contribution in [-0.2, 0) is 53.6 Å². The van der Waals surface area contributed by atoms with Crippen molar-refractivity contribution in [3.05, 3.63) is 256 Å². The molecule has 622 valence electrons. The van der Waals surface area contributed by atoms with Crippen molar-refractivity contribution in [3.8, 4) is 28.6 Å². The highest BCUT2D eigenvalue weighted by Crippen LogP contribution is 2.49. The number of primary amides is 2. The minimum absolute atomic E-state index is 0.00855. The van der Waals surface area contributed by atoms with Crippen LogP contribution >= 0.6 is 0 Å². The summed E-state index contributed by atoms with van der Waals surface area (Å²) in [5, 5.41) is 37.7. The molecule has 0 saturated carbocycles. The van der Waals surface area contributed by atoms with Gasteiger partial charge in [0.2, 0.25) is 11.8 Å². The van der Waals surface area contributed by atoms with Crippen molar-refractivity contribution in [2.75, 3.05) is 46.8 Å². The largest absolute Gasteiger partial charge is 0.494 e. The molecular formula is C99H107BN10O11. The predicted octanol–water partition coefficient (Wildman–Crippen LogP) is 17.5. The fourth-order valence-electron chi connectivity index (χ4n) is 19.2. The molecule has 6 N–H and O–H groups in total. The Labute approximate surface area is 705 Å². The molecule has 4 aliphatic rings. The first kappa shape index (κ1) is 83.1. The van der Waals surface area contributed by atoms with Crippen LogP contribution in [0.25, 0.3) is 87.9 Å². The molecule has 121 heavy (non-hydrogen) atoms. The summed E-state index contributed by atoms with van der Waals surface area (Å²) in [6.45, 7) is 23.5. The lowest BCUT2D eigenvalue weighted by Crippen LogP contribution is -2.41. The van der Waals surface area contributed by atoms with Gasteiger partial charge in [0.1, 0.15) is 0 Å². The van der Waals surface area contributed by atoms with Crippen LogP contribution in [0.2, 0.25) is 0 Å². The van der Waals surface area contributed by atoms with E-state index >= 15 is 0 Å². The van der Waals surface area contributed by atoms with Crippen molar-refractivity contribution in [2.45, 2.75) is 148 Å². The summed E-state index contributed by atoms with van der Waals surface area (Å²) in [5.41, 5.74) is 28.1. The highest BCUT2D eigenvalue weighted by atomic mass is 16.7. The zero-order chi connectivity index (χ0) is 85.3. The van der Waals surface area contributed by atoms with Gasteiger partial charge in [-0.1, -0.05) is 121 Å². The van der Waals surface area contributed by atoms with Gasteiger partial charge >= 0.3 is 13.1 Å². The Balaban J connectivity index is 0.000000135. The van der Waals surface area contributed by atoms with Crippen LogP contribution in [0.15, 0.2) is 195 Å². The quantitative estimate of drug-likeness (QED) is 0.0488. The average molecular weight is 1620 g/mol. The summed E-state index contributed by atoms with van der Waals surface area (Å²) >= 11 is 0. The number of methoxy groups -OCH3 is 1. The number of imidazole rings is 2. The van der Waals surface area contributed by atoms with Crippen molar-refractivity contribution < 1.29 is 52.9 Å². The lowest BCUT2D eigenvalue weighted by Gasteiger charge is -2.33. The molecule has 0 spiro atoms. The van der Waals surface area contributed by atoms with Gasteiger partial charge in [-0.25, -0.2) is 14.8 Å². The SMILES string of the molecule is COC(=O)c1ccc2c3c(C#N)cc(B4OC(C)(C)C(C)(C)O4)cc3n(C(c3ccccc3)C3CCOCC3)c2c1.Cc1ncn(C)c1-c1cc(C(N)=O)c2c3ccc(C(C)(C)O)cc3n(C(c3ccccc3)C3CCOCC3)c2c1.Cc1ncn(C)c1-c1cc(C(N)=O)c2c3ccc(C(C)(C)O)cc3n(C(c3ccccc3)C3CCOCC3)c2c1. The number of carbonyl (C=O) groups is 3. The van der Waals surface area contributed by atoms with E-state index in [-0.39, 0.29) is 24.0 Å². The number of rotatable bonds is 17. The first-order valence-electron chi connectivity index (χ1n) is 42.0. The third kappa shape index (κ3) is 15.6. The molecule has 2 amide bonds. The predicted molar refractivity (Wildman–Crippen MR) is 476 cm³/mol. The van der Waals surface area contributed by atoms with E-state index in [1.165, 1.54) is 23.8 Å². The molecule has 9 aromatic carbocycles. The molecule has 18 rings (SSSR count). The Kier molecular flexibility index (Phi) is 22.8. The fourth-order valence-corrected chi connectivity index (χ4v) is 19.2. The van der Waals surface area contributed by atoms with E-state index in [1.54, 1.807) is 46.4 Å². The molecule has 22 heteroatoms. The van der Waals surface area contributed by atoms with E-state index in [1.807, 2.05) is 138 Å². The number of aromatic nitrogens is 7. The molecule has 0 radical (unpaired) electrons. The number of esters is 1. The van der Waals surface area contributed by atoms with E-state index in [9.17, 15) is 29.9 Å². The highest BCUT2D eigenvalue weighted by molar-refractivity contribution is 6.62. The zero-order valence-corrected chi connectivity index (χ0v) is 71.3. The van der Waals surface area contributed by atoms with E-state index in [4.69, 9.17) is 39.7 Å². The number of amides is 2. The van der Waals surface area contributed by atoms with Crippen molar-refractivity contribution in [3.63, 3.8) is 0 Å². The summed E-state index contributed by atoms with van der Waals surface area (Å²) < 4.78 is 46.3. The minimum atomic E-state index is -1.03. The highest BCUT2D eigenvalue weighted by Gasteiger charge is 2.52. The van der Waals surface area contributed by atoms with Gasteiger partial charge in [0.05, 0.1) is 133 Å². The number of aliphatic hydroxyl groups is 2. The van der Waals surface area contributed by atoms with E-state index in [0.717, 1.165) is 154 Å². The maximum Gasteiger partial charge on any atom is 0.494 e. The molecule has 14 aromatic rings. The topological polar surface area (TPSA) is 273 Å². The molecule has 4 fully saturated rings. The van der Waals surface area contributed by atoms with Gasteiger partial charge in [-0.15, -0.1) is 0 Å². The lowest BCUT2D eigenvalue weighted by atomic mass is 9.77. The van der Waals surface area contributed by atoms with Gasteiger partial charge in [-0.05, 0) is 219 Å². The molecule has 0 aliphatic carbocycles. The van der Waals surface area contributed by atoms with Gasteiger partial charge in [-0.2, -0.15) is 5.26 Å². The van der Waals surface area contributed by atoms with Crippen LogP contribution in [-0.4, -0.2) is 126 Å². The molecular weight excluding hydrogens is 1520 g/mol. The minimum Gasteiger partial charge on any atom is -0.465 e. The number of nitriles is 1. The number of hydrogen-bond donors (Lipinski definition) is 4. The Morgan fingerprint density at radius 3 is 1.19 bits per heavy atom. The molecule has 3 atom stereocenters. The zero-order valence-electron chi connectivity index (χ0n) is 71.3. The molecule has 4 aliphatic heterocycles. The number of hydrogen-bond acceptors (Lipinski definition) is 14. The van der Waals surface area contributed by atoms with Crippen molar-refractivity contribution >= 4 is 95.8 Å². The lowest BCUT2D eigenvalue weighted by molar-refractivity contribution is 0.00578. The van der Waals surface area contributed by atoms with Crippen molar-refractivity contribution in [2.24, 2.45) is 43.3 Å². The van der Waals surface area contributed by atoms with Crippen LogP contribution in [0.3, 0.4) is 0 Å². The van der Waals surface area contributed by atoms with Crippen LogP contribution in [0.5, 0.6) is 0 Å². The average Bonchev–Trinajstić information content (AvgIpc) is 1.57. The summed E-state index contributed by atoms with van der Waals surface area (Å²) in [5.74, 6) is -0.416. The Hall–Kier alpha value is -11.5. The van der Waals surface area contributed by atoms with E-state index < -0.39 is 47.3 Å². The second-order valence-electron chi connectivity index (χ2n) is 35.1. The maximum atomic E-state index is 13.1. The standard InChI is InChI=1S/C33H35BN2O5.2C33H36N4O3/c1-32(2)33(3,4)41-34(40-32)25-17-24(20-35)29-26-12-11-23(31(37)38-5)18-27(26)36(28(29)19-25)30(21-9-7-6-8-10-21)22-13-15-39-16-14-22;2*1-20-30(36(4)19-35-20)23-16-26(32(34)38)29-25-11-10-24(33(2,3)39)18-27(25)37(28(29)17-23)31(21-8-6-5-7-9-21)22-12-14-40-15-13-22/h6-12,17-19,22,30H,13-16H2,1-5H3;2*5-11,16-19,22,31,39H,12-15H2,1-4H3,(H2,34,38). The third-order valence-electron chi connectivity index (χ3n) is 25.9. The van der Waals surface area contributed by atoms with Crippen LogP contribution in [0.4, 0.5) is 0 Å². The molecule has 4 saturated heterocycles. The number of nitrogens with zero attached hydrogens (tertiary/aromatic N) is 8. The summed E-state index contributed by atoms with van der Waals surface area (Å²) in [4.78, 5) is 47.8. The van der Waals surface area contributed by atoms with Crippen LogP contribution in [0, 0.1) is 42.9 Å². The van der Waals surface area contributed by atoms with Gasteiger partial charge in [-0.3, -0.25) is 9.59 Å². The Bertz CT molecular complexity index is 6010. The molecule has 9 heterocycles. The first-order valence-corrected chi connectivity index (χ1v) is 42.0. The molecule has 21 nitrogen and oxygen atoms in total.